The minimum atomic E-state index is -0.149. The summed E-state index contributed by atoms with van der Waals surface area (Å²) in [5, 5.41) is 3.31. The maximum atomic E-state index is 13.3. The number of halogens is 1. The van der Waals surface area contributed by atoms with Gasteiger partial charge in [-0.3, -0.25) is 0 Å². The van der Waals surface area contributed by atoms with Crippen LogP contribution < -0.4 is 5.32 Å². The number of nitrogens with zero attached hydrogens (tertiary/aromatic N) is 1. The summed E-state index contributed by atoms with van der Waals surface area (Å²) in [6.07, 6.45) is 5.23. The largest absolute Gasteiger partial charge is 0.313 e. The van der Waals surface area contributed by atoms with E-state index in [2.05, 4.69) is 17.1 Å². The van der Waals surface area contributed by atoms with Crippen molar-refractivity contribution in [3.05, 3.63) is 35.6 Å². The highest BCUT2D eigenvalue weighted by molar-refractivity contribution is 5.20. The summed E-state index contributed by atoms with van der Waals surface area (Å²) in [4.78, 5) is 2.54. The van der Waals surface area contributed by atoms with Crippen LogP contribution in [0.2, 0.25) is 0 Å². The Morgan fingerprint density at radius 3 is 2.75 bits per heavy atom. The van der Waals surface area contributed by atoms with Gasteiger partial charge in [0.15, 0.2) is 0 Å². The van der Waals surface area contributed by atoms with Gasteiger partial charge in [0.25, 0.3) is 0 Å². The van der Waals surface area contributed by atoms with E-state index in [0.29, 0.717) is 0 Å². The lowest BCUT2D eigenvalue weighted by atomic mass is 9.85. The molecule has 0 spiro atoms. The van der Waals surface area contributed by atoms with Crippen LogP contribution in [0.15, 0.2) is 24.3 Å². The molecule has 1 unspecified atom stereocenters. The minimum absolute atomic E-state index is 0.149. The lowest BCUT2D eigenvalue weighted by molar-refractivity contribution is 0.178. The van der Waals surface area contributed by atoms with Gasteiger partial charge in [-0.25, -0.2) is 4.39 Å². The average molecular weight is 278 g/mol. The molecule has 1 aliphatic rings. The quantitative estimate of drug-likeness (QED) is 0.781. The Hall–Kier alpha value is -0.930. The van der Waals surface area contributed by atoms with Crippen molar-refractivity contribution in [2.45, 2.75) is 38.6 Å². The number of hydrogen-bond donors (Lipinski definition) is 1. The predicted molar refractivity (Wildman–Crippen MR) is 82.3 cm³/mol. The first-order valence-corrected chi connectivity index (χ1v) is 7.88. The fraction of sp³-hybridized carbons (Fsp3) is 0.647. The fourth-order valence-corrected chi connectivity index (χ4v) is 2.93. The number of nitrogens with one attached hydrogen (secondary N) is 1. The van der Waals surface area contributed by atoms with Crippen LogP contribution in [0.5, 0.6) is 0 Å². The standard InChI is InChI=1S/C17H27FN2/c1-3-20(13-14-6-4-7-14)11-10-17(19-2)15-8-5-9-16(18)12-15/h5,8-9,12,14,17,19H,3-4,6-7,10-11,13H2,1-2H3. The summed E-state index contributed by atoms with van der Waals surface area (Å²) in [6, 6.07) is 7.18. The molecule has 0 heterocycles. The highest BCUT2D eigenvalue weighted by Gasteiger charge is 2.20. The van der Waals surface area contributed by atoms with Gasteiger partial charge in [-0.15, -0.1) is 0 Å². The molecule has 2 nitrogen and oxygen atoms in total. The molecule has 1 saturated carbocycles. The Bertz CT molecular complexity index is 404. The van der Waals surface area contributed by atoms with Gasteiger partial charge in [0.2, 0.25) is 0 Å². The Kier molecular flexibility index (Phi) is 5.99. The Labute approximate surface area is 122 Å². The molecule has 1 aromatic rings. The summed E-state index contributed by atoms with van der Waals surface area (Å²) >= 11 is 0. The second-order valence-electron chi connectivity index (χ2n) is 5.88. The van der Waals surface area contributed by atoms with Crippen LogP contribution >= 0.6 is 0 Å². The topological polar surface area (TPSA) is 15.3 Å². The summed E-state index contributed by atoms with van der Waals surface area (Å²) < 4.78 is 13.3. The molecule has 112 valence electrons. The van der Waals surface area contributed by atoms with Gasteiger partial charge in [-0.05, 0) is 63.0 Å². The van der Waals surface area contributed by atoms with Crippen molar-refractivity contribution in [2.24, 2.45) is 5.92 Å². The van der Waals surface area contributed by atoms with Crippen LogP contribution in [0.3, 0.4) is 0 Å². The molecule has 1 aromatic carbocycles. The lowest BCUT2D eigenvalue weighted by Crippen LogP contribution is -2.34. The molecule has 0 bridgehead atoms. The van der Waals surface area contributed by atoms with Gasteiger partial charge in [0.1, 0.15) is 5.82 Å². The Balaban J connectivity index is 1.85. The zero-order valence-electron chi connectivity index (χ0n) is 12.7. The Morgan fingerprint density at radius 2 is 2.20 bits per heavy atom. The molecule has 1 aliphatic carbocycles. The van der Waals surface area contributed by atoms with E-state index in [9.17, 15) is 4.39 Å². The summed E-state index contributed by atoms with van der Waals surface area (Å²) in [6.45, 7) is 5.65. The molecule has 1 N–H and O–H groups in total. The van der Waals surface area contributed by atoms with Gasteiger partial charge < -0.3 is 10.2 Å². The minimum Gasteiger partial charge on any atom is -0.313 e. The zero-order valence-corrected chi connectivity index (χ0v) is 12.7. The fourth-order valence-electron chi connectivity index (χ4n) is 2.93. The van der Waals surface area contributed by atoms with E-state index in [1.807, 2.05) is 13.1 Å². The molecule has 0 amide bonds. The molecule has 0 aromatic heterocycles. The van der Waals surface area contributed by atoms with Gasteiger partial charge in [-0.2, -0.15) is 0 Å². The van der Waals surface area contributed by atoms with Crippen LogP contribution in [0.1, 0.15) is 44.2 Å². The molecule has 3 heteroatoms. The van der Waals surface area contributed by atoms with Crippen LogP contribution in [0.25, 0.3) is 0 Å². The van der Waals surface area contributed by atoms with Crippen molar-refractivity contribution in [3.8, 4) is 0 Å². The third-order valence-corrected chi connectivity index (χ3v) is 4.52. The van der Waals surface area contributed by atoms with Crippen molar-refractivity contribution < 1.29 is 4.39 Å². The van der Waals surface area contributed by atoms with E-state index in [1.54, 1.807) is 12.1 Å². The maximum Gasteiger partial charge on any atom is 0.123 e. The first-order valence-electron chi connectivity index (χ1n) is 7.88. The maximum absolute atomic E-state index is 13.3. The zero-order chi connectivity index (χ0) is 14.4. The molecule has 1 atom stereocenters. The predicted octanol–water partition coefficient (Wildman–Crippen LogP) is 3.60. The molecule has 0 aliphatic heterocycles. The van der Waals surface area contributed by atoms with Crippen molar-refractivity contribution in [1.29, 1.82) is 0 Å². The lowest BCUT2D eigenvalue weighted by Gasteiger charge is -2.32. The van der Waals surface area contributed by atoms with Crippen molar-refractivity contribution in [2.75, 3.05) is 26.7 Å². The number of hydrogen-bond acceptors (Lipinski definition) is 2. The Morgan fingerprint density at radius 1 is 1.40 bits per heavy atom. The molecule has 20 heavy (non-hydrogen) atoms. The van der Waals surface area contributed by atoms with Crippen LogP contribution in [0, 0.1) is 11.7 Å². The van der Waals surface area contributed by atoms with Crippen molar-refractivity contribution in [1.82, 2.24) is 10.2 Å². The second kappa shape index (κ2) is 7.75. The first-order chi connectivity index (χ1) is 9.72. The van der Waals surface area contributed by atoms with Crippen LogP contribution in [0.4, 0.5) is 4.39 Å². The van der Waals surface area contributed by atoms with E-state index in [1.165, 1.54) is 31.9 Å². The van der Waals surface area contributed by atoms with Crippen LogP contribution in [-0.2, 0) is 0 Å². The second-order valence-corrected chi connectivity index (χ2v) is 5.88. The molecule has 0 radical (unpaired) electrons. The van der Waals surface area contributed by atoms with Gasteiger partial charge >= 0.3 is 0 Å². The van der Waals surface area contributed by atoms with Crippen molar-refractivity contribution >= 4 is 0 Å². The average Bonchev–Trinajstić information content (AvgIpc) is 2.41. The third kappa shape index (κ3) is 4.29. The highest BCUT2D eigenvalue weighted by atomic mass is 19.1. The molecule has 1 fully saturated rings. The SMILES string of the molecule is CCN(CCC(NC)c1cccc(F)c1)CC1CCC1. The van der Waals surface area contributed by atoms with E-state index in [4.69, 9.17) is 0 Å². The van der Waals surface area contributed by atoms with Gasteiger partial charge in [-0.1, -0.05) is 25.5 Å². The van der Waals surface area contributed by atoms with Crippen LogP contribution in [-0.4, -0.2) is 31.6 Å². The number of rotatable bonds is 8. The smallest absolute Gasteiger partial charge is 0.123 e. The highest BCUT2D eigenvalue weighted by Crippen LogP contribution is 2.27. The summed E-state index contributed by atoms with van der Waals surface area (Å²) in [5.74, 6) is 0.765. The van der Waals surface area contributed by atoms with Crippen molar-refractivity contribution in [3.63, 3.8) is 0 Å². The summed E-state index contributed by atoms with van der Waals surface area (Å²) in [7, 11) is 1.96. The molecular weight excluding hydrogens is 251 g/mol. The number of benzene rings is 1. The summed E-state index contributed by atoms with van der Waals surface area (Å²) in [5.41, 5.74) is 1.05. The third-order valence-electron chi connectivity index (χ3n) is 4.52. The van der Waals surface area contributed by atoms with E-state index in [0.717, 1.165) is 31.0 Å². The molecule has 0 saturated heterocycles. The molecule has 2 rings (SSSR count). The molecular formula is C17H27FN2. The monoisotopic (exact) mass is 278 g/mol. The van der Waals surface area contributed by atoms with Gasteiger partial charge in [0, 0.05) is 12.6 Å². The van der Waals surface area contributed by atoms with E-state index in [-0.39, 0.29) is 11.9 Å². The normalized spacial score (nSPS) is 17.2. The van der Waals surface area contributed by atoms with E-state index < -0.39 is 0 Å². The first kappa shape index (κ1) is 15.5. The van der Waals surface area contributed by atoms with Gasteiger partial charge in [0.05, 0.1) is 0 Å². The van der Waals surface area contributed by atoms with E-state index >= 15 is 0 Å².